The van der Waals surface area contributed by atoms with Gasteiger partial charge in [-0.05, 0) is 24.5 Å². The molecule has 1 amide bonds. The monoisotopic (exact) mass is 263 g/mol. The van der Waals surface area contributed by atoms with E-state index < -0.39 is 23.2 Å². The Bertz CT molecular complexity index is 471. The van der Waals surface area contributed by atoms with E-state index in [1.54, 1.807) is 27.8 Å². The zero-order valence-electron chi connectivity index (χ0n) is 12.1. The number of rotatable bonds is 3. The molecule has 0 radical (unpaired) electrons. The minimum absolute atomic E-state index is 0.399. The summed E-state index contributed by atoms with van der Waals surface area (Å²) in [5.41, 5.74) is 1.17. The van der Waals surface area contributed by atoms with Gasteiger partial charge in [0, 0.05) is 12.7 Å². The van der Waals surface area contributed by atoms with Crippen LogP contribution in [0.3, 0.4) is 0 Å². The Morgan fingerprint density at radius 3 is 2.00 bits per heavy atom. The van der Waals surface area contributed by atoms with Crippen LogP contribution in [-0.2, 0) is 9.59 Å². The fourth-order valence-electron chi connectivity index (χ4n) is 1.94. The number of nitrogens with zero attached hydrogens (tertiary/aromatic N) is 1. The Balaban J connectivity index is 3.04. The van der Waals surface area contributed by atoms with Gasteiger partial charge in [0.15, 0.2) is 0 Å². The first-order valence-electron chi connectivity index (χ1n) is 6.21. The molecule has 0 spiro atoms. The molecule has 0 bridgehead atoms. The van der Waals surface area contributed by atoms with E-state index in [9.17, 15) is 14.7 Å². The lowest BCUT2D eigenvalue weighted by molar-refractivity contribution is -0.150. The Hall–Kier alpha value is -1.84. The highest BCUT2D eigenvalue weighted by molar-refractivity contribution is 6.06. The first-order chi connectivity index (χ1) is 8.64. The number of benzene rings is 1. The summed E-state index contributed by atoms with van der Waals surface area (Å²) in [6.07, 6.45) is 0. The van der Waals surface area contributed by atoms with E-state index >= 15 is 0 Å². The van der Waals surface area contributed by atoms with Crippen LogP contribution in [0.25, 0.3) is 0 Å². The van der Waals surface area contributed by atoms with Crippen molar-refractivity contribution < 1.29 is 14.7 Å². The van der Waals surface area contributed by atoms with Gasteiger partial charge in [0.05, 0.1) is 0 Å². The fraction of sp³-hybridized carbons (Fsp3) is 0.467. The fourth-order valence-corrected chi connectivity index (χ4v) is 1.94. The number of amides is 1. The first-order valence-corrected chi connectivity index (χ1v) is 6.21. The van der Waals surface area contributed by atoms with E-state index in [4.69, 9.17) is 0 Å². The second-order valence-corrected chi connectivity index (χ2v) is 5.87. The highest BCUT2D eigenvalue weighted by Crippen LogP contribution is 2.29. The van der Waals surface area contributed by atoms with Gasteiger partial charge >= 0.3 is 5.97 Å². The number of hydrogen-bond donors (Lipinski definition) is 1. The molecule has 4 nitrogen and oxygen atoms in total. The third-order valence-electron chi connectivity index (χ3n) is 3.11. The quantitative estimate of drug-likeness (QED) is 0.853. The lowest BCUT2D eigenvalue weighted by Gasteiger charge is -2.30. The zero-order chi connectivity index (χ0) is 14.8. The number of hydrogen-bond acceptors (Lipinski definition) is 2. The molecule has 1 atom stereocenters. The smallest absolute Gasteiger partial charge is 0.316 e. The maximum Gasteiger partial charge on any atom is 0.316 e. The van der Waals surface area contributed by atoms with Crippen LogP contribution in [0.4, 0.5) is 5.69 Å². The van der Waals surface area contributed by atoms with Gasteiger partial charge in [0.2, 0.25) is 5.91 Å². The molecular weight excluding hydrogens is 242 g/mol. The standard InChI is InChI=1S/C15H21NO3/c1-10-6-8-11(9-7-10)16(5)13(17)12(14(18)19)15(2,3)4/h6-9,12H,1-5H3,(H,18,19). The van der Waals surface area contributed by atoms with Crippen molar-refractivity contribution in [3.63, 3.8) is 0 Å². The van der Waals surface area contributed by atoms with Crippen LogP contribution in [0.5, 0.6) is 0 Å². The Kier molecular flexibility index (Phi) is 4.35. The van der Waals surface area contributed by atoms with Crippen molar-refractivity contribution in [2.45, 2.75) is 27.7 Å². The Morgan fingerprint density at radius 1 is 1.16 bits per heavy atom. The second kappa shape index (κ2) is 5.43. The number of carbonyl (C=O) groups is 2. The van der Waals surface area contributed by atoms with E-state index in [2.05, 4.69) is 0 Å². The number of carboxylic acids is 1. The van der Waals surface area contributed by atoms with Crippen molar-refractivity contribution in [3.05, 3.63) is 29.8 Å². The van der Waals surface area contributed by atoms with Gasteiger partial charge in [-0.3, -0.25) is 9.59 Å². The number of aryl methyl sites for hydroxylation is 1. The highest BCUT2D eigenvalue weighted by Gasteiger charge is 2.39. The van der Waals surface area contributed by atoms with Gasteiger partial charge in [-0.2, -0.15) is 0 Å². The molecule has 0 aromatic heterocycles. The highest BCUT2D eigenvalue weighted by atomic mass is 16.4. The molecule has 0 fully saturated rings. The molecule has 1 rings (SSSR count). The molecule has 1 aromatic carbocycles. The molecule has 4 heteroatoms. The summed E-state index contributed by atoms with van der Waals surface area (Å²) in [4.78, 5) is 25.1. The summed E-state index contributed by atoms with van der Waals surface area (Å²) in [6, 6.07) is 7.42. The topological polar surface area (TPSA) is 57.6 Å². The molecule has 0 aliphatic heterocycles. The van der Waals surface area contributed by atoms with Crippen LogP contribution < -0.4 is 4.90 Å². The van der Waals surface area contributed by atoms with E-state index in [0.29, 0.717) is 5.69 Å². The predicted molar refractivity (Wildman–Crippen MR) is 75.2 cm³/mol. The van der Waals surface area contributed by atoms with Crippen LogP contribution in [0, 0.1) is 18.3 Å². The van der Waals surface area contributed by atoms with E-state index in [1.165, 1.54) is 4.90 Å². The first kappa shape index (κ1) is 15.2. The number of carboxylic acid groups (broad SMARTS) is 1. The number of aliphatic carboxylic acids is 1. The lowest BCUT2D eigenvalue weighted by Crippen LogP contribution is -2.43. The summed E-state index contributed by atoms with van der Waals surface area (Å²) < 4.78 is 0. The van der Waals surface area contributed by atoms with Crippen molar-refractivity contribution in [2.75, 3.05) is 11.9 Å². The van der Waals surface area contributed by atoms with Crippen LogP contribution in [0.1, 0.15) is 26.3 Å². The molecule has 1 unspecified atom stereocenters. The lowest BCUT2D eigenvalue weighted by atomic mass is 9.80. The molecule has 0 aliphatic rings. The molecule has 19 heavy (non-hydrogen) atoms. The maximum absolute atomic E-state index is 12.4. The molecule has 104 valence electrons. The molecule has 0 heterocycles. The average Bonchev–Trinajstić information content (AvgIpc) is 2.26. The minimum Gasteiger partial charge on any atom is -0.481 e. The van der Waals surface area contributed by atoms with E-state index in [0.717, 1.165) is 5.56 Å². The summed E-state index contributed by atoms with van der Waals surface area (Å²) in [7, 11) is 1.61. The van der Waals surface area contributed by atoms with Gasteiger partial charge in [-0.25, -0.2) is 0 Å². The number of carbonyl (C=O) groups excluding carboxylic acids is 1. The third-order valence-corrected chi connectivity index (χ3v) is 3.11. The van der Waals surface area contributed by atoms with Crippen molar-refractivity contribution in [2.24, 2.45) is 11.3 Å². The molecule has 0 saturated carbocycles. The molecule has 0 saturated heterocycles. The van der Waals surface area contributed by atoms with E-state index in [-0.39, 0.29) is 0 Å². The van der Waals surface area contributed by atoms with Gasteiger partial charge in [-0.1, -0.05) is 38.5 Å². The summed E-state index contributed by atoms with van der Waals surface area (Å²) >= 11 is 0. The Morgan fingerprint density at radius 2 is 1.63 bits per heavy atom. The van der Waals surface area contributed by atoms with Crippen LogP contribution in [0.15, 0.2) is 24.3 Å². The van der Waals surface area contributed by atoms with Gasteiger partial charge in [0.1, 0.15) is 5.92 Å². The van der Waals surface area contributed by atoms with Crippen molar-refractivity contribution >= 4 is 17.6 Å². The largest absolute Gasteiger partial charge is 0.481 e. The van der Waals surface area contributed by atoms with Gasteiger partial charge < -0.3 is 10.0 Å². The van der Waals surface area contributed by atoms with Gasteiger partial charge in [-0.15, -0.1) is 0 Å². The van der Waals surface area contributed by atoms with Crippen molar-refractivity contribution in [1.29, 1.82) is 0 Å². The molecule has 1 N–H and O–H groups in total. The summed E-state index contributed by atoms with van der Waals surface area (Å²) in [5, 5.41) is 9.27. The normalized spacial score (nSPS) is 12.9. The van der Waals surface area contributed by atoms with Crippen LogP contribution >= 0.6 is 0 Å². The summed E-state index contributed by atoms with van der Waals surface area (Å²) in [6.45, 7) is 7.23. The van der Waals surface area contributed by atoms with Crippen LogP contribution in [-0.4, -0.2) is 24.0 Å². The third kappa shape index (κ3) is 3.56. The summed E-state index contributed by atoms with van der Waals surface area (Å²) in [5.74, 6) is -2.54. The van der Waals surface area contributed by atoms with E-state index in [1.807, 2.05) is 31.2 Å². The molecule has 0 aliphatic carbocycles. The SMILES string of the molecule is Cc1ccc(N(C)C(=O)C(C(=O)O)C(C)(C)C)cc1. The maximum atomic E-state index is 12.4. The van der Waals surface area contributed by atoms with Crippen molar-refractivity contribution in [3.8, 4) is 0 Å². The van der Waals surface area contributed by atoms with Gasteiger partial charge in [0.25, 0.3) is 0 Å². The molecular formula is C15H21NO3. The predicted octanol–water partition coefficient (Wildman–Crippen LogP) is 2.70. The minimum atomic E-state index is -1.09. The zero-order valence-corrected chi connectivity index (χ0v) is 12.1. The Labute approximate surface area is 114 Å². The average molecular weight is 263 g/mol. The van der Waals surface area contributed by atoms with Crippen molar-refractivity contribution in [1.82, 2.24) is 0 Å². The number of anilines is 1. The van der Waals surface area contributed by atoms with Crippen LogP contribution in [0.2, 0.25) is 0 Å². The molecule has 1 aromatic rings. The second-order valence-electron chi connectivity index (χ2n) is 5.87.